The SMILES string of the molecule is CCNC1CN(C(=O)c2ccc3c(Oc4ccc(C(C)(F)F)cc4)cccc3c2)C1. The molecule has 1 aliphatic heterocycles. The molecule has 0 atom stereocenters. The van der Waals surface area contributed by atoms with Crippen molar-refractivity contribution in [3.8, 4) is 11.5 Å². The van der Waals surface area contributed by atoms with E-state index in [1.165, 1.54) is 24.3 Å². The second-order valence-corrected chi connectivity index (χ2v) is 7.67. The Morgan fingerprint density at radius 2 is 1.87 bits per heavy atom. The molecule has 30 heavy (non-hydrogen) atoms. The van der Waals surface area contributed by atoms with Crippen molar-refractivity contribution in [2.24, 2.45) is 0 Å². The van der Waals surface area contributed by atoms with Gasteiger partial charge >= 0.3 is 0 Å². The molecular weight excluding hydrogens is 386 g/mol. The van der Waals surface area contributed by atoms with Gasteiger partial charge in [-0.25, -0.2) is 8.78 Å². The van der Waals surface area contributed by atoms with Gasteiger partial charge in [0.1, 0.15) is 11.5 Å². The third kappa shape index (κ3) is 4.14. The number of carbonyl (C=O) groups is 1. The monoisotopic (exact) mass is 410 g/mol. The van der Waals surface area contributed by atoms with E-state index in [2.05, 4.69) is 12.2 Å². The van der Waals surface area contributed by atoms with Gasteiger partial charge in [0.15, 0.2) is 0 Å². The van der Waals surface area contributed by atoms with Gasteiger partial charge < -0.3 is 15.0 Å². The van der Waals surface area contributed by atoms with E-state index >= 15 is 0 Å². The van der Waals surface area contributed by atoms with Crippen LogP contribution in [0.1, 0.15) is 29.8 Å². The van der Waals surface area contributed by atoms with Crippen LogP contribution >= 0.6 is 0 Å². The van der Waals surface area contributed by atoms with Crippen LogP contribution in [0.25, 0.3) is 10.8 Å². The largest absolute Gasteiger partial charge is 0.457 e. The first-order chi connectivity index (χ1) is 14.3. The number of benzene rings is 3. The quantitative estimate of drug-likeness (QED) is 0.609. The maximum Gasteiger partial charge on any atom is 0.270 e. The van der Waals surface area contributed by atoms with Crippen molar-refractivity contribution in [1.29, 1.82) is 0 Å². The number of hydrogen-bond acceptors (Lipinski definition) is 3. The van der Waals surface area contributed by atoms with Crippen LogP contribution < -0.4 is 10.1 Å². The van der Waals surface area contributed by atoms with Gasteiger partial charge in [0.2, 0.25) is 0 Å². The normalized spacial score (nSPS) is 14.6. The fraction of sp³-hybridized carbons (Fsp3) is 0.292. The van der Waals surface area contributed by atoms with E-state index in [0.717, 1.165) is 37.3 Å². The summed E-state index contributed by atoms with van der Waals surface area (Å²) < 4.78 is 32.7. The summed E-state index contributed by atoms with van der Waals surface area (Å²) in [5, 5.41) is 5.08. The van der Waals surface area contributed by atoms with Crippen molar-refractivity contribution in [3.63, 3.8) is 0 Å². The highest BCUT2D eigenvalue weighted by molar-refractivity contribution is 6.00. The standard InChI is InChI=1S/C24H24F2N2O2/c1-3-27-19-14-28(15-19)23(29)17-7-12-21-16(13-17)5-4-6-22(21)30-20-10-8-18(9-11-20)24(2,25)26/h4-13,19,27H,3,14-15H2,1-2H3. The number of nitrogens with one attached hydrogen (secondary N) is 1. The molecule has 1 aliphatic rings. The smallest absolute Gasteiger partial charge is 0.270 e. The molecule has 1 saturated heterocycles. The Kier molecular flexibility index (Phi) is 5.43. The lowest BCUT2D eigenvalue weighted by molar-refractivity contribution is 0.0174. The molecule has 156 valence electrons. The highest BCUT2D eigenvalue weighted by Gasteiger charge is 2.30. The van der Waals surface area contributed by atoms with E-state index in [9.17, 15) is 13.6 Å². The number of ether oxygens (including phenoxy) is 1. The Bertz CT molecular complexity index is 1050. The van der Waals surface area contributed by atoms with Crippen molar-refractivity contribution in [1.82, 2.24) is 10.2 Å². The van der Waals surface area contributed by atoms with Crippen LogP contribution in [-0.4, -0.2) is 36.5 Å². The number of halogens is 2. The Morgan fingerprint density at radius 3 is 2.53 bits per heavy atom. The number of fused-ring (bicyclic) bond motifs is 1. The molecule has 4 rings (SSSR count). The maximum atomic E-state index is 13.4. The summed E-state index contributed by atoms with van der Waals surface area (Å²) in [6, 6.07) is 17.3. The molecule has 0 spiro atoms. The van der Waals surface area contributed by atoms with Crippen LogP contribution in [0, 0.1) is 0 Å². The Hall–Kier alpha value is -2.99. The molecule has 1 fully saturated rings. The summed E-state index contributed by atoms with van der Waals surface area (Å²) in [5.41, 5.74) is 0.586. The molecule has 0 bridgehead atoms. The number of likely N-dealkylation sites (tertiary alicyclic amines) is 1. The Balaban J connectivity index is 1.52. The molecule has 0 radical (unpaired) electrons. The minimum Gasteiger partial charge on any atom is -0.457 e. The van der Waals surface area contributed by atoms with Gasteiger partial charge in [-0.15, -0.1) is 0 Å². The van der Waals surface area contributed by atoms with Crippen molar-refractivity contribution in [2.75, 3.05) is 19.6 Å². The molecule has 0 saturated carbocycles. The topological polar surface area (TPSA) is 41.6 Å². The van der Waals surface area contributed by atoms with Gasteiger partial charge in [0, 0.05) is 42.6 Å². The number of amides is 1. The molecule has 3 aromatic rings. The van der Waals surface area contributed by atoms with E-state index in [0.29, 0.717) is 23.1 Å². The Labute approximate surface area is 174 Å². The van der Waals surface area contributed by atoms with E-state index < -0.39 is 5.92 Å². The first kappa shape index (κ1) is 20.3. The molecule has 6 heteroatoms. The van der Waals surface area contributed by atoms with Crippen LogP contribution in [0.5, 0.6) is 11.5 Å². The van der Waals surface area contributed by atoms with Crippen molar-refractivity contribution < 1.29 is 18.3 Å². The summed E-state index contributed by atoms with van der Waals surface area (Å²) in [7, 11) is 0. The van der Waals surface area contributed by atoms with Gasteiger partial charge in [0.05, 0.1) is 0 Å². The number of alkyl halides is 2. The van der Waals surface area contributed by atoms with E-state index in [1.807, 2.05) is 35.2 Å². The summed E-state index contributed by atoms with van der Waals surface area (Å²) in [4.78, 5) is 14.5. The highest BCUT2D eigenvalue weighted by Crippen LogP contribution is 2.33. The second-order valence-electron chi connectivity index (χ2n) is 7.67. The molecule has 3 aromatic carbocycles. The predicted molar refractivity (Wildman–Crippen MR) is 113 cm³/mol. The lowest BCUT2D eigenvalue weighted by Crippen LogP contribution is -2.59. The van der Waals surface area contributed by atoms with Gasteiger partial charge in [-0.1, -0.05) is 19.1 Å². The zero-order valence-electron chi connectivity index (χ0n) is 17.0. The van der Waals surface area contributed by atoms with Crippen LogP contribution in [0.3, 0.4) is 0 Å². The summed E-state index contributed by atoms with van der Waals surface area (Å²) in [6.07, 6.45) is 0. The van der Waals surface area contributed by atoms with Gasteiger partial charge in [-0.05, 0) is 60.5 Å². The molecule has 4 nitrogen and oxygen atoms in total. The lowest BCUT2D eigenvalue weighted by atomic mass is 10.0. The number of carbonyl (C=O) groups excluding carboxylic acids is 1. The molecule has 1 heterocycles. The maximum absolute atomic E-state index is 13.4. The number of rotatable bonds is 6. The van der Waals surface area contributed by atoms with E-state index in [-0.39, 0.29) is 11.5 Å². The van der Waals surface area contributed by atoms with Crippen molar-refractivity contribution in [2.45, 2.75) is 25.8 Å². The number of hydrogen-bond donors (Lipinski definition) is 1. The van der Waals surface area contributed by atoms with Crippen LogP contribution in [0.15, 0.2) is 60.7 Å². The Morgan fingerprint density at radius 1 is 1.13 bits per heavy atom. The molecule has 1 N–H and O–H groups in total. The molecular formula is C24H24F2N2O2. The predicted octanol–water partition coefficient (Wildman–Crippen LogP) is 5.18. The molecule has 0 unspecified atom stereocenters. The minimum atomic E-state index is -2.88. The van der Waals surface area contributed by atoms with Crippen LogP contribution in [0.2, 0.25) is 0 Å². The molecule has 1 amide bonds. The zero-order chi connectivity index (χ0) is 21.3. The third-order valence-electron chi connectivity index (χ3n) is 5.34. The molecule has 0 aliphatic carbocycles. The number of nitrogens with zero attached hydrogens (tertiary/aromatic N) is 1. The van der Waals surface area contributed by atoms with Crippen LogP contribution in [0.4, 0.5) is 8.78 Å². The number of likely N-dealkylation sites (N-methyl/N-ethyl adjacent to an activating group) is 1. The first-order valence-electron chi connectivity index (χ1n) is 10.1. The van der Waals surface area contributed by atoms with Gasteiger partial charge in [-0.2, -0.15) is 0 Å². The second kappa shape index (κ2) is 8.03. The average Bonchev–Trinajstić information content (AvgIpc) is 2.69. The van der Waals surface area contributed by atoms with E-state index in [4.69, 9.17) is 4.74 Å². The fourth-order valence-corrected chi connectivity index (χ4v) is 3.66. The summed E-state index contributed by atoms with van der Waals surface area (Å²) in [5.74, 6) is -1.78. The average molecular weight is 410 g/mol. The van der Waals surface area contributed by atoms with Crippen molar-refractivity contribution >= 4 is 16.7 Å². The third-order valence-corrected chi connectivity index (χ3v) is 5.34. The highest BCUT2D eigenvalue weighted by atomic mass is 19.3. The fourth-order valence-electron chi connectivity index (χ4n) is 3.66. The molecule has 0 aromatic heterocycles. The van der Waals surface area contributed by atoms with Crippen LogP contribution in [-0.2, 0) is 5.92 Å². The van der Waals surface area contributed by atoms with Gasteiger partial charge in [-0.3, -0.25) is 4.79 Å². The van der Waals surface area contributed by atoms with Gasteiger partial charge in [0.25, 0.3) is 11.8 Å². The minimum absolute atomic E-state index is 0.0217. The summed E-state index contributed by atoms with van der Waals surface area (Å²) in [6.45, 7) is 5.27. The zero-order valence-corrected chi connectivity index (χ0v) is 17.0. The summed E-state index contributed by atoms with van der Waals surface area (Å²) >= 11 is 0. The lowest BCUT2D eigenvalue weighted by Gasteiger charge is -2.39. The van der Waals surface area contributed by atoms with E-state index in [1.54, 1.807) is 6.07 Å². The van der Waals surface area contributed by atoms with Crippen molar-refractivity contribution in [3.05, 3.63) is 71.8 Å². The first-order valence-corrected chi connectivity index (χ1v) is 10.1.